The maximum atomic E-state index is 13.1. The van der Waals surface area contributed by atoms with Gasteiger partial charge in [-0.25, -0.2) is 4.98 Å². The molecular formula is C28H24N4O3. The van der Waals surface area contributed by atoms with Gasteiger partial charge in [0.25, 0.3) is 11.8 Å². The molecule has 4 aromatic rings. The summed E-state index contributed by atoms with van der Waals surface area (Å²) in [7, 11) is 0. The minimum absolute atomic E-state index is 0.00402. The predicted molar refractivity (Wildman–Crippen MR) is 132 cm³/mol. The number of hydrogen-bond acceptors (Lipinski definition) is 5. The number of carbonyl (C=O) groups excluding carboxylic acids is 2. The molecule has 3 aromatic carbocycles. The number of hydrogen-bond donors (Lipinski definition) is 1. The number of nitrogens with one attached hydrogen (secondary N) is 1. The van der Waals surface area contributed by atoms with E-state index in [1.165, 1.54) is 17.3 Å². The highest BCUT2D eigenvalue weighted by molar-refractivity contribution is 6.03. The van der Waals surface area contributed by atoms with Crippen LogP contribution in [-0.4, -0.2) is 33.3 Å². The lowest BCUT2D eigenvalue weighted by atomic mass is 9.86. The summed E-state index contributed by atoms with van der Waals surface area (Å²) < 4.78 is 5.84. The quantitative estimate of drug-likeness (QED) is 0.476. The normalized spacial score (nSPS) is 17.2. The number of nitrogens with zero attached hydrogens (tertiary/aromatic N) is 3. The molecule has 1 atom stereocenters. The van der Waals surface area contributed by atoms with E-state index in [-0.39, 0.29) is 30.2 Å². The van der Waals surface area contributed by atoms with Crippen LogP contribution in [0, 0.1) is 0 Å². The van der Waals surface area contributed by atoms with Crippen LogP contribution >= 0.6 is 0 Å². The highest BCUT2D eigenvalue weighted by Gasteiger charge is 2.32. The number of aromatic nitrogens is 2. The lowest BCUT2D eigenvalue weighted by Crippen LogP contribution is -2.37. The summed E-state index contributed by atoms with van der Waals surface area (Å²) in [5.74, 6) is 0.292. The molecule has 1 aliphatic carbocycles. The first-order chi connectivity index (χ1) is 17.2. The molecule has 2 amide bonds. The maximum absolute atomic E-state index is 13.1. The zero-order chi connectivity index (χ0) is 23.8. The SMILES string of the molecule is O=C(Nc1ccc2c(c1)CN(C1CCCc3ccccc31)C(=O)CO2)c1cnc2ccccc2n1. The van der Waals surface area contributed by atoms with Crippen molar-refractivity contribution in [3.8, 4) is 5.75 Å². The van der Waals surface area contributed by atoms with Gasteiger partial charge in [0.1, 0.15) is 11.4 Å². The predicted octanol–water partition coefficient (Wildman–Crippen LogP) is 4.68. The van der Waals surface area contributed by atoms with Crippen molar-refractivity contribution in [3.05, 3.63) is 95.3 Å². The van der Waals surface area contributed by atoms with Gasteiger partial charge in [0.05, 0.1) is 29.8 Å². The van der Waals surface area contributed by atoms with E-state index < -0.39 is 0 Å². The Hall–Kier alpha value is -4.26. The molecule has 0 spiro atoms. The molecule has 0 radical (unpaired) electrons. The van der Waals surface area contributed by atoms with E-state index in [4.69, 9.17) is 4.74 Å². The van der Waals surface area contributed by atoms with E-state index in [9.17, 15) is 9.59 Å². The first kappa shape index (κ1) is 21.3. The fourth-order valence-electron chi connectivity index (χ4n) is 5.01. The Morgan fingerprint density at radius 2 is 1.83 bits per heavy atom. The molecule has 2 heterocycles. The summed E-state index contributed by atoms with van der Waals surface area (Å²) in [6.45, 7) is 0.427. The summed E-state index contributed by atoms with van der Waals surface area (Å²) in [6, 6.07) is 21.3. The standard InChI is InChI=1S/C28H24N4O3/c33-27-17-35-26-13-12-20(30-28(34)24-15-29-22-9-3-4-10-23(22)31-24)14-19(26)16-32(27)25-11-5-7-18-6-1-2-8-21(18)25/h1-4,6,8-10,12-15,25H,5,7,11,16-17H2,(H,30,34). The molecule has 1 unspecified atom stereocenters. The molecule has 1 aliphatic heterocycles. The lowest BCUT2D eigenvalue weighted by molar-refractivity contribution is -0.136. The molecule has 1 N–H and O–H groups in total. The Balaban J connectivity index is 1.26. The van der Waals surface area contributed by atoms with Crippen LogP contribution in [-0.2, 0) is 17.8 Å². The first-order valence-electron chi connectivity index (χ1n) is 11.8. The summed E-state index contributed by atoms with van der Waals surface area (Å²) >= 11 is 0. The van der Waals surface area contributed by atoms with Crippen molar-refractivity contribution >= 4 is 28.5 Å². The minimum Gasteiger partial charge on any atom is -0.483 e. The van der Waals surface area contributed by atoms with E-state index in [0.717, 1.165) is 30.3 Å². The van der Waals surface area contributed by atoms with Crippen LogP contribution in [0.3, 0.4) is 0 Å². The van der Waals surface area contributed by atoms with E-state index in [1.54, 1.807) is 6.07 Å². The van der Waals surface area contributed by atoms with Gasteiger partial charge in [-0.3, -0.25) is 14.6 Å². The van der Waals surface area contributed by atoms with Crippen molar-refractivity contribution in [2.24, 2.45) is 0 Å². The number of aryl methyl sites for hydroxylation is 1. The molecule has 6 rings (SSSR count). The molecule has 2 aliphatic rings. The largest absolute Gasteiger partial charge is 0.483 e. The Labute approximate surface area is 202 Å². The maximum Gasteiger partial charge on any atom is 0.275 e. The highest BCUT2D eigenvalue weighted by Crippen LogP contribution is 2.37. The molecule has 35 heavy (non-hydrogen) atoms. The Morgan fingerprint density at radius 3 is 2.74 bits per heavy atom. The van der Waals surface area contributed by atoms with E-state index in [0.29, 0.717) is 23.5 Å². The molecule has 0 bridgehead atoms. The van der Waals surface area contributed by atoms with E-state index in [1.807, 2.05) is 47.4 Å². The molecule has 7 heteroatoms. The van der Waals surface area contributed by atoms with Gasteiger partial charge in [0.2, 0.25) is 0 Å². The highest BCUT2D eigenvalue weighted by atomic mass is 16.5. The Bertz CT molecular complexity index is 1450. The third kappa shape index (κ3) is 4.10. The summed E-state index contributed by atoms with van der Waals surface area (Å²) in [5, 5.41) is 2.91. The van der Waals surface area contributed by atoms with Gasteiger partial charge in [-0.2, -0.15) is 0 Å². The molecule has 7 nitrogen and oxygen atoms in total. The van der Waals surface area contributed by atoms with Crippen molar-refractivity contribution in [2.45, 2.75) is 31.8 Å². The topological polar surface area (TPSA) is 84.4 Å². The summed E-state index contributed by atoms with van der Waals surface area (Å²) in [6.07, 6.45) is 4.48. The van der Waals surface area contributed by atoms with Gasteiger partial charge in [0.15, 0.2) is 6.61 Å². The van der Waals surface area contributed by atoms with Crippen molar-refractivity contribution in [2.75, 3.05) is 11.9 Å². The Kier molecular flexibility index (Phi) is 5.37. The molecule has 0 saturated heterocycles. The summed E-state index contributed by atoms with van der Waals surface area (Å²) in [5.41, 5.74) is 5.64. The molecule has 0 fully saturated rings. The number of ether oxygens (including phenoxy) is 1. The molecular weight excluding hydrogens is 440 g/mol. The zero-order valence-electron chi connectivity index (χ0n) is 19.1. The van der Waals surface area contributed by atoms with Crippen molar-refractivity contribution in [1.82, 2.24) is 14.9 Å². The molecule has 1 aromatic heterocycles. The smallest absolute Gasteiger partial charge is 0.275 e. The first-order valence-corrected chi connectivity index (χ1v) is 11.8. The lowest BCUT2D eigenvalue weighted by Gasteiger charge is -2.35. The summed E-state index contributed by atoms with van der Waals surface area (Å²) in [4.78, 5) is 36.6. The molecule has 0 saturated carbocycles. The number of anilines is 1. The second-order valence-corrected chi connectivity index (χ2v) is 8.94. The van der Waals surface area contributed by atoms with Crippen LogP contribution in [0.5, 0.6) is 5.75 Å². The second kappa shape index (κ2) is 8.83. The van der Waals surface area contributed by atoms with Crippen LogP contribution in [0.1, 0.15) is 46.1 Å². The minimum atomic E-state index is -0.341. The number of para-hydroxylation sites is 2. The van der Waals surface area contributed by atoms with E-state index >= 15 is 0 Å². The van der Waals surface area contributed by atoms with Crippen LogP contribution in [0.2, 0.25) is 0 Å². The number of carbonyl (C=O) groups is 2. The van der Waals surface area contributed by atoms with Gasteiger partial charge in [-0.05, 0) is 60.7 Å². The zero-order valence-corrected chi connectivity index (χ0v) is 19.1. The number of benzene rings is 3. The monoisotopic (exact) mass is 464 g/mol. The fourth-order valence-corrected chi connectivity index (χ4v) is 5.01. The second-order valence-electron chi connectivity index (χ2n) is 8.94. The third-order valence-corrected chi connectivity index (χ3v) is 6.73. The molecule has 174 valence electrons. The number of rotatable bonds is 3. The third-order valence-electron chi connectivity index (χ3n) is 6.73. The van der Waals surface area contributed by atoms with Gasteiger partial charge >= 0.3 is 0 Å². The Morgan fingerprint density at radius 1 is 1.00 bits per heavy atom. The van der Waals surface area contributed by atoms with Gasteiger partial charge in [-0.1, -0.05) is 36.4 Å². The van der Waals surface area contributed by atoms with Crippen molar-refractivity contribution < 1.29 is 14.3 Å². The fraction of sp³-hybridized carbons (Fsp3) is 0.214. The van der Waals surface area contributed by atoms with E-state index in [2.05, 4.69) is 33.5 Å². The number of fused-ring (bicyclic) bond motifs is 3. The van der Waals surface area contributed by atoms with Crippen LogP contribution < -0.4 is 10.1 Å². The van der Waals surface area contributed by atoms with Gasteiger partial charge in [0, 0.05) is 11.3 Å². The van der Waals surface area contributed by atoms with Crippen molar-refractivity contribution in [3.63, 3.8) is 0 Å². The van der Waals surface area contributed by atoms with Gasteiger partial charge in [-0.15, -0.1) is 0 Å². The van der Waals surface area contributed by atoms with Crippen LogP contribution in [0.4, 0.5) is 5.69 Å². The van der Waals surface area contributed by atoms with Crippen LogP contribution in [0.15, 0.2) is 72.9 Å². The average Bonchev–Trinajstić information content (AvgIpc) is 3.06. The number of amides is 2. The van der Waals surface area contributed by atoms with Crippen molar-refractivity contribution in [1.29, 1.82) is 0 Å². The van der Waals surface area contributed by atoms with Crippen LogP contribution in [0.25, 0.3) is 11.0 Å². The average molecular weight is 465 g/mol. The van der Waals surface area contributed by atoms with Gasteiger partial charge < -0.3 is 15.0 Å².